The number of aryl methyl sites for hydroxylation is 2. The lowest BCUT2D eigenvalue weighted by atomic mass is 10.1. The van der Waals surface area contributed by atoms with Gasteiger partial charge in [-0.1, -0.05) is 12.1 Å². The molecule has 2 aromatic rings. The summed E-state index contributed by atoms with van der Waals surface area (Å²) in [5.41, 5.74) is 8.58. The fourth-order valence-electron chi connectivity index (χ4n) is 2.45. The first-order valence-corrected chi connectivity index (χ1v) is 7.35. The number of benzene rings is 1. The molecular formula is C15H17ClN4. The van der Waals surface area contributed by atoms with Crippen LogP contribution < -0.4 is 5.73 Å². The van der Waals surface area contributed by atoms with Gasteiger partial charge in [-0.05, 0) is 25.0 Å². The van der Waals surface area contributed by atoms with E-state index in [0.29, 0.717) is 5.84 Å². The number of imidazole rings is 1. The molecule has 3 rings (SSSR count). The second-order valence-corrected chi connectivity index (χ2v) is 5.24. The smallest absolute Gasteiger partial charge is 0.115 e. The fraction of sp³-hybridized carbons (Fsp3) is 0.333. The molecule has 4 nitrogen and oxygen atoms in total. The van der Waals surface area contributed by atoms with Gasteiger partial charge in [-0.15, -0.1) is 11.6 Å². The van der Waals surface area contributed by atoms with Crippen molar-refractivity contribution >= 4 is 23.1 Å². The number of aromatic nitrogens is 2. The van der Waals surface area contributed by atoms with Crippen molar-refractivity contribution in [2.45, 2.75) is 25.8 Å². The number of hydrogen-bond donors (Lipinski definition) is 1. The van der Waals surface area contributed by atoms with Crippen molar-refractivity contribution in [1.82, 2.24) is 9.55 Å². The van der Waals surface area contributed by atoms with E-state index in [1.165, 1.54) is 18.7 Å². The van der Waals surface area contributed by atoms with E-state index >= 15 is 0 Å². The van der Waals surface area contributed by atoms with Crippen LogP contribution in [0.25, 0.3) is 11.3 Å². The van der Waals surface area contributed by atoms with E-state index in [1.54, 1.807) is 0 Å². The van der Waals surface area contributed by atoms with Gasteiger partial charge in [-0.3, -0.25) is 0 Å². The van der Waals surface area contributed by atoms with Gasteiger partial charge in [-0.25, -0.2) is 9.98 Å². The van der Waals surface area contributed by atoms with E-state index in [0.717, 1.165) is 29.9 Å². The minimum atomic E-state index is 0.246. The normalized spacial score (nSPS) is 15.2. The Balaban J connectivity index is 1.86. The van der Waals surface area contributed by atoms with Crippen LogP contribution in [0.1, 0.15) is 18.7 Å². The van der Waals surface area contributed by atoms with Gasteiger partial charge >= 0.3 is 0 Å². The maximum atomic E-state index is 5.62. The minimum absolute atomic E-state index is 0.246. The minimum Gasteiger partial charge on any atom is -0.386 e. The molecule has 0 radical (unpaired) electrons. The zero-order chi connectivity index (χ0) is 13.9. The molecular weight excluding hydrogens is 272 g/mol. The van der Waals surface area contributed by atoms with Crippen molar-refractivity contribution in [3.63, 3.8) is 0 Å². The van der Waals surface area contributed by atoms with Crippen LogP contribution in [0.4, 0.5) is 5.69 Å². The molecule has 0 amide bonds. The second kappa shape index (κ2) is 5.67. The van der Waals surface area contributed by atoms with E-state index in [1.807, 2.05) is 24.3 Å². The SMILES string of the molecule is NC(CCl)=Nc1ccc(-c2cn3c(n2)CCCC3)cc1. The van der Waals surface area contributed by atoms with Gasteiger partial charge in [0, 0.05) is 24.7 Å². The Kier molecular flexibility index (Phi) is 3.74. The highest BCUT2D eigenvalue weighted by atomic mass is 35.5. The first-order valence-electron chi connectivity index (χ1n) is 6.82. The molecule has 1 aliphatic heterocycles. The summed E-state index contributed by atoms with van der Waals surface area (Å²) in [4.78, 5) is 8.92. The van der Waals surface area contributed by atoms with Gasteiger partial charge < -0.3 is 10.3 Å². The highest BCUT2D eigenvalue weighted by Crippen LogP contribution is 2.24. The summed E-state index contributed by atoms with van der Waals surface area (Å²) in [6, 6.07) is 7.92. The average Bonchev–Trinajstić information content (AvgIpc) is 2.91. The quantitative estimate of drug-likeness (QED) is 0.536. The highest BCUT2D eigenvalue weighted by Gasteiger charge is 2.12. The third kappa shape index (κ3) is 2.70. The summed E-state index contributed by atoms with van der Waals surface area (Å²) in [6.45, 7) is 1.08. The first kappa shape index (κ1) is 13.2. The molecule has 1 aromatic heterocycles. The van der Waals surface area contributed by atoms with Gasteiger partial charge in [0.05, 0.1) is 17.3 Å². The number of nitrogens with two attached hydrogens (primary N) is 1. The number of amidine groups is 1. The highest BCUT2D eigenvalue weighted by molar-refractivity contribution is 6.28. The lowest BCUT2D eigenvalue weighted by Crippen LogP contribution is -2.12. The Morgan fingerprint density at radius 3 is 2.80 bits per heavy atom. The van der Waals surface area contributed by atoms with Crippen LogP contribution in [0, 0.1) is 0 Å². The maximum Gasteiger partial charge on any atom is 0.115 e. The van der Waals surface area contributed by atoms with Crippen LogP contribution in [0.3, 0.4) is 0 Å². The summed E-state index contributed by atoms with van der Waals surface area (Å²) in [5.74, 6) is 1.87. The van der Waals surface area contributed by atoms with Gasteiger partial charge in [0.2, 0.25) is 0 Å². The Hall–Kier alpha value is -1.81. The van der Waals surface area contributed by atoms with Gasteiger partial charge in [0.15, 0.2) is 0 Å². The molecule has 0 unspecified atom stereocenters. The molecule has 0 saturated carbocycles. The van der Waals surface area contributed by atoms with Crippen LogP contribution in [0.2, 0.25) is 0 Å². The lowest BCUT2D eigenvalue weighted by Gasteiger charge is -2.11. The predicted octanol–water partition coefficient (Wildman–Crippen LogP) is 3.11. The second-order valence-electron chi connectivity index (χ2n) is 4.98. The summed E-state index contributed by atoms with van der Waals surface area (Å²) in [5, 5.41) is 0. The molecule has 0 atom stereocenters. The van der Waals surface area contributed by atoms with Crippen molar-refractivity contribution in [2.75, 3.05) is 5.88 Å². The molecule has 2 heterocycles. The summed E-state index contributed by atoms with van der Waals surface area (Å²) < 4.78 is 2.26. The van der Waals surface area contributed by atoms with Gasteiger partial charge in [-0.2, -0.15) is 0 Å². The van der Waals surface area contributed by atoms with E-state index in [2.05, 4.69) is 15.8 Å². The number of hydrogen-bond acceptors (Lipinski definition) is 2. The zero-order valence-electron chi connectivity index (χ0n) is 11.2. The van der Waals surface area contributed by atoms with Crippen molar-refractivity contribution in [1.29, 1.82) is 0 Å². The topological polar surface area (TPSA) is 56.2 Å². The van der Waals surface area contributed by atoms with E-state index in [-0.39, 0.29) is 5.88 Å². The van der Waals surface area contributed by atoms with Crippen molar-refractivity contribution in [3.8, 4) is 11.3 Å². The van der Waals surface area contributed by atoms with Crippen molar-refractivity contribution in [2.24, 2.45) is 10.7 Å². The van der Waals surface area contributed by atoms with Crippen molar-refractivity contribution in [3.05, 3.63) is 36.3 Å². The number of rotatable bonds is 3. The monoisotopic (exact) mass is 288 g/mol. The van der Waals surface area contributed by atoms with E-state index in [9.17, 15) is 0 Å². The molecule has 0 spiro atoms. The third-order valence-corrected chi connectivity index (χ3v) is 3.76. The zero-order valence-corrected chi connectivity index (χ0v) is 12.0. The Labute approximate surface area is 123 Å². The molecule has 0 saturated heterocycles. The Morgan fingerprint density at radius 1 is 1.30 bits per heavy atom. The largest absolute Gasteiger partial charge is 0.386 e. The van der Waals surface area contributed by atoms with Crippen LogP contribution in [0.15, 0.2) is 35.5 Å². The molecule has 0 aliphatic carbocycles. The van der Waals surface area contributed by atoms with Gasteiger partial charge in [0.1, 0.15) is 11.7 Å². The summed E-state index contributed by atoms with van der Waals surface area (Å²) >= 11 is 5.62. The number of halogens is 1. The number of alkyl halides is 1. The molecule has 104 valence electrons. The third-order valence-electron chi connectivity index (χ3n) is 3.48. The van der Waals surface area contributed by atoms with E-state index in [4.69, 9.17) is 22.3 Å². The Morgan fingerprint density at radius 2 is 2.10 bits per heavy atom. The molecule has 1 aromatic carbocycles. The molecule has 0 fully saturated rings. The van der Waals surface area contributed by atoms with Crippen molar-refractivity contribution < 1.29 is 0 Å². The summed E-state index contributed by atoms with van der Waals surface area (Å²) in [7, 11) is 0. The van der Waals surface area contributed by atoms with E-state index < -0.39 is 0 Å². The molecule has 0 bridgehead atoms. The maximum absolute atomic E-state index is 5.62. The van der Waals surface area contributed by atoms with Crippen LogP contribution in [-0.2, 0) is 13.0 Å². The standard InChI is InChI=1S/C15H17ClN4/c16-9-14(17)18-12-6-4-11(5-7-12)13-10-20-8-2-1-3-15(20)19-13/h4-7,10H,1-3,8-9H2,(H2,17,18). The molecule has 1 aliphatic rings. The van der Waals surface area contributed by atoms with Crippen LogP contribution >= 0.6 is 11.6 Å². The predicted molar refractivity (Wildman–Crippen MR) is 82.6 cm³/mol. The molecule has 5 heteroatoms. The lowest BCUT2D eigenvalue weighted by molar-refractivity contribution is 0.522. The average molecular weight is 289 g/mol. The van der Waals surface area contributed by atoms with Crippen LogP contribution in [0.5, 0.6) is 0 Å². The number of aliphatic imine (C=N–C) groups is 1. The first-order chi connectivity index (χ1) is 9.76. The van der Waals surface area contributed by atoms with Crippen LogP contribution in [-0.4, -0.2) is 21.3 Å². The fourth-order valence-corrected chi connectivity index (χ4v) is 2.51. The molecule has 20 heavy (non-hydrogen) atoms. The summed E-state index contributed by atoms with van der Waals surface area (Å²) in [6.07, 6.45) is 5.70. The Bertz CT molecular complexity index is 604. The number of fused-ring (bicyclic) bond motifs is 1. The number of nitrogens with zero attached hydrogens (tertiary/aromatic N) is 3. The molecule has 2 N–H and O–H groups in total. The van der Waals surface area contributed by atoms with Gasteiger partial charge in [0.25, 0.3) is 0 Å².